The second-order valence-electron chi connectivity index (χ2n) is 3.87. The predicted octanol–water partition coefficient (Wildman–Crippen LogP) is 2.98. The van der Waals surface area contributed by atoms with Gasteiger partial charge in [-0.15, -0.1) is 0 Å². The fourth-order valence-electron chi connectivity index (χ4n) is 1.48. The summed E-state index contributed by atoms with van der Waals surface area (Å²) >= 11 is 5.62. The van der Waals surface area contributed by atoms with E-state index in [4.69, 9.17) is 11.6 Å². The number of aromatic nitrogens is 1. The van der Waals surface area contributed by atoms with Crippen molar-refractivity contribution in [2.24, 2.45) is 0 Å². The highest BCUT2D eigenvalue weighted by Gasteiger charge is 2.19. The molecule has 0 atom stereocenters. The molecule has 108 valence electrons. The number of rotatable bonds is 2. The summed E-state index contributed by atoms with van der Waals surface area (Å²) in [5.74, 6) is -3.20. The Morgan fingerprint density at radius 1 is 1.10 bits per heavy atom. The van der Waals surface area contributed by atoms with Gasteiger partial charge in [0.25, 0.3) is 5.91 Å². The number of amides is 3. The fraction of sp³-hybridized carbons (Fsp3) is 0. The Balaban J connectivity index is 2.06. The van der Waals surface area contributed by atoms with E-state index in [2.05, 4.69) is 10.3 Å². The number of hydrogen-bond donors (Lipinski definition) is 2. The molecule has 2 aromatic rings. The summed E-state index contributed by atoms with van der Waals surface area (Å²) in [6.45, 7) is 0. The van der Waals surface area contributed by atoms with Crippen molar-refractivity contribution < 1.29 is 18.4 Å². The van der Waals surface area contributed by atoms with E-state index >= 15 is 0 Å². The van der Waals surface area contributed by atoms with Crippen LogP contribution in [0.2, 0.25) is 5.02 Å². The number of benzene rings is 1. The van der Waals surface area contributed by atoms with Gasteiger partial charge in [-0.2, -0.15) is 0 Å². The van der Waals surface area contributed by atoms with Crippen LogP contribution in [0.25, 0.3) is 0 Å². The van der Waals surface area contributed by atoms with E-state index < -0.39 is 29.1 Å². The minimum absolute atomic E-state index is 0.124. The first-order valence-corrected chi connectivity index (χ1v) is 6.03. The number of pyridine rings is 1. The van der Waals surface area contributed by atoms with Gasteiger partial charge in [0.1, 0.15) is 23.0 Å². The normalized spacial score (nSPS) is 10.0. The third-order valence-electron chi connectivity index (χ3n) is 2.39. The molecule has 0 saturated heterocycles. The Hall–Kier alpha value is -2.54. The van der Waals surface area contributed by atoms with Gasteiger partial charge in [-0.05, 0) is 24.3 Å². The summed E-state index contributed by atoms with van der Waals surface area (Å²) in [7, 11) is 0. The summed E-state index contributed by atoms with van der Waals surface area (Å²) in [5, 5.41) is 4.39. The molecule has 2 N–H and O–H groups in total. The summed E-state index contributed by atoms with van der Waals surface area (Å²) < 4.78 is 26.7. The number of nitrogens with zero attached hydrogens (tertiary/aromatic N) is 1. The van der Waals surface area contributed by atoms with Gasteiger partial charge < -0.3 is 0 Å². The first-order chi connectivity index (χ1) is 9.97. The third kappa shape index (κ3) is 3.73. The Labute approximate surface area is 122 Å². The Morgan fingerprint density at radius 3 is 2.33 bits per heavy atom. The van der Waals surface area contributed by atoms with Gasteiger partial charge in [0.15, 0.2) is 0 Å². The third-order valence-corrected chi connectivity index (χ3v) is 2.61. The van der Waals surface area contributed by atoms with Crippen molar-refractivity contribution in [2.45, 2.75) is 0 Å². The molecule has 0 bridgehead atoms. The second kappa shape index (κ2) is 6.27. The van der Waals surface area contributed by atoms with E-state index in [1.54, 1.807) is 5.32 Å². The maximum Gasteiger partial charge on any atom is 0.327 e. The van der Waals surface area contributed by atoms with Crippen molar-refractivity contribution in [1.29, 1.82) is 0 Å². The molecule has 1 aromatic carbocycles. The molecule has 1 heterocycles. The molecule has 0 unspecified atom stereocenters. The van der Waals surface area contributed by atoms with Crippen LogP contribution in [0.3, 0.4) is 0 Å². The van der Waals surface area contributed by atoms with E-state index in [9.17, 15) is 18.4 Å². The molecular formula is C13H8ClF2N3O2. The van der Waals surface area contributed by atoms with Crippen molar-refractivity contribution in [2.75, 3.05) is 5.32 Å². The minimum Gasteiger partial charge on any atom is -0.292 e. The number of carbonyl (C=O) groups excluding carboxylic acids is 2. The molecule has 1 aromatic heterocycles. The Kier molecular flexibility index (Phi) is 4.44. The van der Waals surface area contributed by atoms with Crippen LogP contribution < -0.4 is 10.6 Å². The highest BCUT2D eigenvalue weighted by molar-refractivity contribution is 6.30. The molecule has 0 aliphatic rings. The summed E-state index contributed by atoms with van der Waals surface area (Å²) in [4.78, 5) is 27.0. The molecule has 0 radical (unpaired) electrons. The van der Waals surface area contributed by atoms with E-state index in [1.165, 1.54) is 18.3 Å². The molecule has 2 rings (SSSR count). The second-order valence-corrected chi connectivity index (χ2v) is 4.30. The van der Waals surface area contributed by atoms with Gasteiger partial charge in [-0.1, -0.05) is 17.7 Å². The molecule has 0 aliphatic carbocycles. The smallest absolute Gasteiger partial charge is 0.292 e. The molecule has 0 saturated carbocycles. The quantitative estimate of drug-likeness (QED) is 0.895. The van der Waals surface area contributed by atoms with Crippen molar-refractivity contribution >= 4 is 29.4 Å². The Bertz CT molecular complexity index is 672. The van der Waals surface area contributed by atoms with Crippen LogP contribution in [0.15, 0.2) is 36.5 Å². The minimum atomic E-state index is -1.20. The first kappa shape index (κ1) is 14.9. The van der Waals surface area contributed by atoms with Crippen LogP contribution in [-0.4, -0.2) is 16.9 Å². The van der Waals surface area contributed by atoms with Gasteiger partial charge in [-0.25, -0.2) is 18.6 Å². The van der Waals surface area contributed by atoms with Crippen LogP contribution in [0.4, 0.5) is 19.4 Å². The topological polar surface area (TPSA) is 71.1 Å². The van der Waals surface area contributed by atoms with E-state index in [0.717, 1.165) is 18.2 Å². The van der Waals surface area contributed by atoms with E-state index in [1.807, 2.05) is 0 Å². The average molecular weight is 312 g/mol. The van der Waals surface area contributed by atoms with E-state index in [0.29, 0.717) is 5.02 Å². The number of hydrogen-bond acceptors (Lipinski definition) is 3. The van der Waals surface area contributed by atoms with Crippen LogP contribution in [0, 0.1) is 11.6 Å². The van der Waals surface area contributed by atoms with Gasteiger partial charge in [0.2, 0.25) is 0 Å². The molecular weight excluding hydrogens is 304 g/mol. The van der Waals surface area contributed by atoms with Crippen LogP contribution >= 0.6 is 11.6 Å². The maximum atomic E-state index is 13.4. The van der Waals surface area contributed by atoms with Crippen LogP contribution in [0.1, 0.15) is 10.4 Å². The number of carbonyl (C=O) groups is 2. The van der Waals surface area contributed by atoms with Crippen LogP contribution in [-0.2, 0) is 0 Å². The molecule has 5 nitrogen and oxygen atoms in total. The number of halogens is 3. The van der Waals surface area contributed by atoms with Crippen molar-refractivity contribution in [3.8, 4) is 0 Å². The lowest BCUT2D eigenvalue weighted by molar-refractivity contribution is 0.0959. The lowest BCUT2D eigenvalue weighted by Crippen LogP contribution is -2.35. The molecule has 0 fully saturated rings. The SMILES string of the molecule is O=C(NC(=O)c1c(F)cccc1F)Nc1ccc(Cl)cn1. The predicted molar refractivity (Wildman–Crippen MR) is 72.1 cm³/mol. The largest absolute Gasteiger partial charge is 0.327 e. The van der Waals surface area contributed by atoms with Gasteiger partial charge in [0, 0.05) is 6.20 Å². The summed E-state index contributed by atoms with van der Waals surface area (Å²) in [6.07, 6.45) is 1.29. The zero-order chi connectivity index (χ0) is 15.4. The number of anilines is 1. The molecule has 8 heteroatoms. The molecule has 0 aliphatic heterocycles. The van der Waals surface area contributed by atoms with E-state index in [-0.39, 0.29) is 5.82 Å². The Morgan fingerprint density at radius 2 is 1.76 bits per heavy atom. The maximum absolute atomic E-state index is 13.4. The lowest BCUT2D eigenvalue weighted by atomic mass is 10.2. The summed E-state index contributed by atoms with van der Waals surface area (Å²) in [5.41, 5.74) is -0.836. The van der Waals surface area contributed by atoms with Crippen molar-refractivity contribution in [3.05, 3.63) is 58.7 Å². The standard InChI is InChI=1S/C13H8ClF2N3O2/c14-7-4-5-10(17-6-7)18-13(21)19-12(20)11-8(15)2-1-3-9(11)16/h1-6H,(H2,17,18,19,20,21). The molecule has 0 spiro atoms. The van der Waals surface area contributed by atoms with Crippen molar-refractivity contribution in [1.82, 2.24) is 10.3 Å². The highest BCUT2D eigenvalue weighted by atomic mass is 35.5. The highest BCUT2D eigenvalue weighted by Crippen LogP contribution is 2.12. The monoisotopic (exact) mass is 311 g/mol. The molecule has 21 heavy (non-hydrogen) atoms. The number of urea groups is 1. The molecule has 3 amide bonds. The number of imide groups is 1. The zero-order valence-corrected chi connectivity index (χ0v) is 11.1. The van der Waals surface area contributed by atoms with Crippen molar-refractivity contribution in [3.63, 3.8) is 0 Å². The lowest BCUT2D eigenvalue weighted by Gasteiger charge is -2.07. The van der Waals surface area contributed by atoms with Gasteiger partial charge in [0.05, 0.1) is 5.02 Å². The summed E-state index contributed by atoms with van der Waals surface area (Å²) in [6, 6.07) is 4.84. The average Bonchev–Trinajstić information content (AvgIpc) is 2.41. The number of nitrogens with one attached hydrogen (secondary N) is 2. The fourth-order valence-corrected chi connectivity index (χ4v) is 1.59. The van der Waals surface area contributed by atoms with Crippen LogP contribution in [0.5, 0.6) is 0 Å². The first-order valence-electron chi connectivity index (χ1n) is 5.65. The zero-order valence-electron chi connectivity index (χ0n) is 10.4. The van der Waals surface area contributed by atoms with Gasteiger partial charge >= 0.3 is 6.03 Å². The van der Waals surface area contributed by atoms with Gasteiger partial charge in [-0.3, -0.25) is 15.4 Å².